The van der Waals surface area contributed by atoms with Crippen molar-refractivity contribution in [1.29, 1.82) is 0 Å². The molecule has 0 radical (unpaired) electrons. The second-order valence-corrected chi connectivity index (χ2v) is 5.90. The van der Waals surface area contributed by atoms with E-state index < -0.39 is 25.0 Å². The van der Waals surface area contributed by atoms with Gasteiger partial charge in [-0.25, -0.2) is 8.42 Å². The molecule has 1 N–H and O–H groups in total. The van der Waals surface area contributed by atoms with Crippen molar-refractivity contribution in [3.05, 3.63) is 0 Å². The van der Waals surface area contributed by atoms with E-state index >= 15 is 0 Å². The molecule has 0 amide bonds. The Kier molecular flexibility index (Phi) is 2.81. The number of hydrogen-bond donors (Lipinski definition) is 1. The molecular weight excluding hydrogens is 180 g/mol. The second-order valence-electron chi connectivity index (χ2n) is 1.73. The summed E-state index contributed by atoms with van der Waals surface area (Å²) in [5, 5.41) is -1.18. The molecule has 0 aromatic heterocycles. The summed E-state index contributed by atoms with van der Waals surface area (Å²) < 4.78 is 49.0. The lowest BCUT2D eigenvalue weighted by molar-refractivity contribution is 0.487. The summed E-state index contributed by atoms with van der Waals surface area (Å²) in [5.41, 5.74) is 0. The highest BCUT2D eigenvalue weighted by Crippen LogP contribution is 1.93. The Bertz CT molecular complexity index is 283. The van der Waals surface area contributed by atoms with E-state index in [-0.39, 0.29) is 5.75 Å². The Balaban J connectivity index is 4.49. The number of sulfone groups is 1. The smallest absolute Gasteiger partial charge is 0.279 e. The average molecular weight is 188 g/mol. The summed E-state index contributed by atoms with van der Waals surface area (Å²) in [5.74, 6) is -0.285. The van der Waals surface area contributed by atoms with Crippen molar-refractivity contribution in [1.82, 2.24) is 0 Å². The molecule has 0 aliphatic carbocycles. The molecule has 0 aromatic carbocycles. The predicted octanol–water partition coefficient (Wildman–Crippen LogP) is -0.734. The fourth-order valence-electron chi connectivity index (χ4n) is 0.310. The van der Waals surface area contributed by atoms with Gasteiger partial charge in [-0.05, 0) is 0 Å². The Labute approximate surface area is 59.7 Å². The van der Waals surface area contributed by atoms with Crippen molar-refractivity contribution in [2.45, 2.75) is 6.92 Å². The highest BCUT2D eigenvalue weighted by atomic mass is 32.3. The lowest BCUT2D eigenvalue weighted by atomic mass is 11.0. The van der Waals surface area contributed by atoms with Gasteiger partial charge in [-0.2, -0.15) is 8.42 Å². The molecule has 0 aliphatic heterocycles. The van der Waals surface area contributed by atoms with Crippen LogP contribution in [0.3, 0.4) is 0 Å². The fourth-order valence-corrected chi connectivity index (χ4v) is 2.79. The van der Waals surface area contributed by atoms with E-state index in [2.05, 4.69) is 0 Å². The molecular formula is C3H8O5S2. The molecule has 7 heteroatoms. The standard InChI is InChI=1S/C3H8O5S2/c1-2-9(4,5)3-10(6,7)8/h2-3H2,1H3,(H,6,7,8). The Hall–Kier alpha value is -0.140. The topological polar surface area (TPSA) is 88.5 Å². The van der Waals surface area contributed by atoms with Crippen molar-refractivity contribution in [3.8, 4) is 0 Å². The van der Waals surface area contributed by atoms with Crippen LogP contribution in [0.4, 0.5) is 0 Å². The first kappa shape index (κ1) is 9.86. The van der Waals surface area contributed by atoms with E-state index in [1.165, 1.54) is 6.92 Å². The Morgan fingerprint density at radius 1 is 1.20 bits per heavy atom. The van der Waals surface area contributed by atoms with Crippen LogP contribution in [0, 0.1) is 0 Å². The van der Waals surface area contributed by atoms with Crippen LogP contribution >= 0.6 is 0 Å². The third kappa shape index (κ3) is 4.71. The first-order chi connectivity index (χ1) is 4.27. The van der Waals surface area contributed by atoms with E-state index in [0.717, 1.165) is 0 Å². The van der Waals surface area contributed by atoms with Gasteiger partial charge in [0.2, 0.25) is 0 Å². The van der Waals surface area contributed by atoms with Crippen LogP contribution < -0.4 is 0 Å². The van der Waals surface area contributed by atoms with Gasteiger partial charge in [0.15, 0.2) is 14.9 Å². The monoisotopic (exact) mass is 188 g/mol. The van der Waals surface area contributed by atoms with E-state index in [9.17, 15) is 16.8 Å². The number of rotatable bonds is 3. The minimum atomic E-state index is -4.38. The van der Waals surface area contributed by atoms with Crippen LogP contribution in [-0.4, -0.2) is 32.2 Å². The minimum Gasteiger partial charge on any atom is -0.285 e. The van der Waals surface area contributed by atoms with Gasteiger partial charge in [-0.1, -0.05) is 6.92 Å². The lowest BCUT2D eigenvalue weighted by Crippen LogP contribution is -2.16. The van der Waals surface area contributed by atoms with E-state index in [0.29, 0.717) is 0 Å². The second kappa shape index (κ2) is 2.85. The summed E-state index contributed by atoms with van der Waals surface area (Å²) in [6, 6.07) is 0. The molecule has 0 atom stereocenters. The molecule has 0 aromatic rings. The maximum Gasteiger partial charge on any atom is 0.279 e. The van der Waals surface area contributed by atoms with E-state index in [1.54, 1.807) is 0 Å². The molecule has 62 valence electrons. The van der Waals surface area contributed by atoms with E-state index in [4.69, 9.17) is 4.55 Å². The van der Waals surface area contributed by atoms with E-state index in [1.807, 2.05) is 0 Å². The SMILES string of the molecule is CCS(=O)(=O)CS(=O)(=O)O. The maximum absolute atomic E-state index is 10.5. The maximum atomic E-state index is 10.5. The predicted molar refractivity (Wildman–Crippen MR) is 35.9 cm³/mol. The quantitative estimate of drug-likeness (QED) is 0.590. The van der Waals surface area contributed by atoms with Crippen molar-refractivity contribution < 1.29 is 21.4 Å². The molecule has 0 rings (SSSR count). The van der Waals surface area contributed by atoms with Crippen LogP contribution in [-0.2, 0) is 20.0 Å². The molecule has 10 heavy (non-hydrogen) atoms. The molecule has 0 bridgehead atoms. The van der Waals surface area contributed by atoms with Gasteiger partial charge in [-0.3, -0.25) is 4.55 Å². The summed E-state index contributed by atoms with van der Waals surface area (Å²) in [6.07, 6.45) is 0. The van der Waals surface area contributed by atoms with Crippen molar-refractivity contribution >= 4 is 20.0 Å². The highest BCUT2D eigenvalue weighted by molar-refractivity contribution is 8.05. The van der Waals surface area contributed by atoms with Crippen molar-refractivity contribution in [2.75, 3.05) is 10.8 Å². The lowest BCUT2D eigenvalue weighted by Gasteiger charge is -1.95. The highest BCUT2D eigenvalue weighted by Gasteiger charge is 2.16. The van der Waals surface area contributed by atoms with Crippen LogP contribution in [0.1, 0.15) is 6.92 Å². The zero-order valence-electron chi connectivity index (χ0n) is 5.31. The van der Waals surface area contributed by atoms with Gasteiger partial charge in [-0.15, -0.1) is 0 Å². The third-order valence-electron chi connectivity index (χ3n) is 0.768. The van der Waals surface area contributed by atoms with Gasteiger partial charge < -0.3 is 0 Å². The number of hydrogen-bond acceptors (Lipinski definition) is 4. The molecule has 0 saturated carbocycles. The van der Waals surface area contributed by atoms with Gasteiger partial charge >= 0.3 is 0 Å². The Morgan fingerprint density at radius 3 is 1.70 bits per heavy atom. The molecule has 0 heterocycles. The van der Waals surface area contributed by atoms with Crippen LogP contribution in [0.25, 0.3) is 0 Å². The van der Waals surface area contributed by atoms with Crippen molar-refractivity contribution in [3.63, 3.8) is 0 Å². The largest absolute Gasteiger partial charge is 0.285 e. The van der Waals surface area contributed by atoms with Crippen molar-refractivity contribution in [2.24, 2.45) is 0 Å². The van der Waals surface area contributed by atoms with Gasteiger partial charge in [0.05, 0.1) is 0 Å². The zero-order chi connectivity index (χ0) is 8.41. The molecule has 0 fully saturated rings. The third-order valence-corrected chi connectivity index (χ3v) is 4.28. The summed E-state index contributed by atoms with van der Waals surface area (Å²) in [4.78, 5) is 0. The zero-order valence-corrected chi connectivity index (χ0v) is 6.94. The summed E-state index contributed by atoms with van der Waals surface area (Å²) >= 11 is 0. The first-order valence-electron chi connectivity index (χ1n) is 2.42. The molecule has 0 spiro atoms. The average Bonchev–Trinajstić information content (AvgIpc) is 1.60. The van der Waals surface area contributed by atoms with Gasteiger partial charge in [0.1, 0.15) is 0 Å². The van der Waals surface area contributed by atoms with Crippen LogP contribution in [0.15, 0.2) is 0 Å². The normalized spacial score (nSPS) is 13.4. The summed E-state index contributed by atoms with van der Waals surface area (Å²) in [6.45, 7) is 1.31. The Morgan fingerprint density at radius 2 is 1.60 bits per heavy atom. The summed E-state index contributed by atoms with van der Waals surface area (Å²) in [7, 11) is -8.00. The minimum absolute atomic E-state index is 0.285. The molecule has 5 nitrogen and oxygen atoms in total. The molecule has 0 aliphatic rings. The van der Waals surface area contributed by atoms with Crippen LogP contribution in [0.2, 0.25) is 0 Å². The molecule has 0 unspecified atom stereocenters. The van der Waals surface area contributed by atoms with Crippen LogP contribution in [0.5, 0.6) is 0 Å². The molecule has 0 saturated heterocycles. The van der Waals surface area contributed by atoms with Gasteiger partial charge in [0.25, 0.3) is 10.1 Å². The fraction of sp³-hybridized carbons (Fsp3) is 1.00. The van der Waals surface area contributed by atoms with Gasteiger partial charge in [0, 0.05) is 5.75 Å². The first-order valence-corrected chi connectivity index (χ1v) is 5.85.